The second kappa shape index (κ2) is 7.68. The maximum Gasteiger partial charge on any atom is 0.257 e. The fraction of sp³-hybridized carbons (Fsp3) is 0.385. The average Bonchev–Trinajstić information content (AvgIpc) is 2.33. The van der Waals surface area contributed by atoms with Crippen LogP contribution in [0.25, 0.3) is 0 Å². The highest BCUT2D eigenvalue weighted by atomic mass is 127. The summed E-state index contributed by atoms with van der Waals surface area (Å²) in [5.41, 5.74) is 1.79. The van der Waals surface area contributed by atoms with Gasteiger partial charge in [0.15, 0.2) is 5.11 Å². The molecule has 18 heavy (non-hydrogen) atoms. The van der Waals surface area contributed by atoms with Gasteiger partial charge in [-0.3, -0.25) is 10.1 Å². The van der Waals surface area contributed by atoms with Crippen molar-refractivity contribution in [3.8, 4) is 0 Å². The number of carbonyl (C=O) groups is 1. The van der Waals surface area contributed by atoms with Gasteiger partial charge in [0, 0.05) is 15.7 Å². The number of thiocarbonyl (C=S) groups is 1. The molecule has 5 heteroatoms. The molecular weight excluding hydrogens is 359 g/mol. The fourth-order valence-corrected chi connectivity index (χ4v) is 2.04. The number of unbranched alkanes of at least 4 members (excludes halogenated alkanes) is 1. The molecule has 1 aromatic carbocycles. The molecule has 0 atom stereocenters. The van der Waals surface area contributed by atoms with Crippen molar-refractivity contribution in [1.82, 2.24) is 10.6 Å². The van der Waals surface area contributed by atoms with Crippen molar-refractivity contribution in [1.29, 1.82) is 0 Å². The highest BCUT2D eigenvalue weighted by Crippen LogP contribution is 2.13. The molecule has 98 valence electrons. The van der Waals surface area contributed by atoms with E-state index in [1.54, 1.807) is 0 Å². The van der Waals surface area contributed by atoms with Gasteiger partial charge in [0.1, 0.15) is 0 Å². The Hall–Kier alpha value is -0.690. The molecule has 0 aromatic heterocycles. The van der Waals surface area contributed by atoms with Crippen molar-refractivity contribution in [3.63, 3.8) is 0 Å². The van der Waals surface area contributed by atoms with Crippen LogP contribution in [0.5, 0.6) is 0 Å². The molecule has 2 N–H and O–H groups in total. The van der Waals surface area contributed by atoms with Gasteiger partial charge >= 0.3 is 0 Å². The number of nitrogens with one attached hydrogen (secondary N) is 2. The SMILES string of the molecule is CCCCNC(=S)NC(=O)c1ccc(C)c(I)c1. The Morgan fingerprint density at radius 3 is 2.78 bits per heavy atom. The van der Waals surface area contributed by atoms with Gasteiger partial charge in [-0.15, -0.1) is 0 Å². The second-order valence-electron chi connectivity index (χ2n) is 4.03. The maximum atomic E-state index is 11.9. The molecule has 0 heterocycles. The van der Waals surface area contributed by atoms with E-state index < -0.39 is 0 Å². The van der Waals surface area contributed by atoms with Crippen LogP contribution in [-0.4, -0.2) is 17.6 Å². The lowest BCUT2D eigenvalue weighted by atomic mass is 10.1. The lowest BCUT2D eigenvalue weighted by Gasteiger charge is -2.09. The lowest BCUT2D eigenvalue weighted by Crippen LogP contribution is -2.39. The zero-order chi connectivity index (χ0) is 13.5. The topological polar surface area (TPSA) is 41.1 Å². The summed E-state index contributed by atoms with van der Waals surface area (Å²) < 4.78 is 1.07. The first kappa shape index (κ1) is 15.4. The predicted octanol–water partition coefficient (Wildman–Crippen LogP) is 3.00. The van der Waals surface area contributed by atoms with Crippen LogP contribution < -0.4 is 10.6 Å². The minimum atomic E-state index is -0.165. The highest BCUT2D eigenvalue weighted by molar-refractivity contribution is 14.1. The Kier molecular flexibility index (Phi) is 6.56. The second-order valence-corrected chi connectivity index (χ2v) is 5.60. The van der Waals surface area contributed by atoms with E-state index in [-0.39, 0.29) is 5.91 Å². The van der Waals surface area contributed by atoms with Crippen molar-refractivity contribution >= 4 is 45.8 Å². The van der Waals surface area contributed by atoms with Crippen LogP contribution in [0.3, 0.4) is 0 Å². The molecule has 0 bridgehead atoms. The van der Waals surface area contributed by atoms with Crippen molar-refractivity contribution < 1.29 is 4.79 Å². The summed E-state index contributed by atoms with van der Waals surface area (Å²) in [4.78, 5) is 11.9. The van der Waals surface area contributed by atoms with Gasteiger partial charge in [-0.2, -0.15) is 0 Å². The number of benzene rings is 1. The lowest BCUT2D eigenvalue weighted by molar-refractivity contribution is 0.0976. The standard InChI is InChI=1S/C13H17IN2OS/c1-3-4-7-15-13(18)16-12(17)10-6-5-9(2)11(14)8-10/h5-6,8H,3-4,7H2,1-2H3,(H2,15,16,17,18). The van der Waals surface area contributed by atoms with E-state index >= 15 is 0 Å². The first-order valence-electron chi connectivity index (χ1n) is 5.90. The fourth-order valence-electron chi connectivity index (χ4n) is 1.33. The molecule has 0 saturated heterocycles. The van der Waals surface area contributed by atoms with Crippen LogP contribution in [0, 0.1) is 10.5 Å². The van der Waals surface area contributed by atoms with Gasteiger partial charge in [0.25, 0.3) is 5.91 Å². The zero-order valence-electron chi connectivity index (χ0n) is 10.5. The largest absolute Gasteiger partial charge is 0.362 e. The minimum absolute atomic E-state index is 0.165. The molecule has 1 amide bonds. The van der Waals surface area contributed by atoms with E-state index in [1.165, 1.54) is 0 Å². The molecule has 0 fully saturated rings. The van der Waals surface area contributed by atoms with Crippen LogP contribution in [0.2, 0.25) is 0 Å². The monoisotopic (exact) mass is 376 g/mol. The molecule has 0 aliphatic rings. The van der Waals surface area contributed by atoms with E-state index in [1.807, 2.05) is 25.1 Å². The Morgan fingerprint density at radius 1 is 1.44 bits per heavy atom. The highest BCUT2D eigenvalue weighted by Gasteiger charge is 2.08. The molecule has 1 rings (SSSR count). The Bertz CT molecular complexity index is 449. The van der Waals surface area contributed by atoms with E-state index in [0.29, 0.717) is 10.7 Å². The summed E-state index contributed by atoms with van der Waals surface area (Å²) in [6, 6.07) is 5.60. The number of hydrogen-bond donors (Lipinski definition) is 2. The van der Waals surface area contributed by atoms with E-state index in [9.17, 15) is 4.79 Å². The number of amides is 1. The van der Waals surface area contributed by atoms with Gasteiger partial charge in [-0.05, 0) is 65.8 Å². The van der Waals surface area contributed by atoms with Crippen LogP contribution in [0.15, 0.2) is 18.2 Å². The van der Waals surface area contributed by atoms with Crippen molar-refractivity contribution in [2.45, 2.75) is 26.7 Å². The van der Waals surface area contributed by atoms with Gasteiger partial charge in [0.05, 0.1) is 0 Å². The quantitative estimate of drug-likeness (QED) is 0.482. The van der Waals surface area contributed by atoms with E-state index in [4.69, 9.17) is 12.2 Å². The summed E-state index contributed by atoms with van der Waals surface area (Å²) in [7, 11) is 0. The van der Waals surface area contributed by atoms with Crippen LogP contribution in [-0.2, 0) is 0 Å². The summed E-state index contributed by atoms with van der Waals surface area (Å²) in [6.45, 7) is 4.92. The number of carbonyl (C=O) groups excluding carboxylic acids is 1. The summed E-state index contributed by atoms with van der Waals surface area (Å²) >= 11 is 7.27. The Morgan fingerprint density at radius 2 is 2.17 bits per heavy atom. The number of hydrogen-bond acceptors (Lipinski definition) is 2. The molecule has 1 aromatic rings. The molecule has 0 aliphatic heterocycles. The third-order valence-electron chi connectivity index (χ3n) is 2.48. The first-order chi connectivity index (χ1) is 8.54. The van der Waals surface area contributed by atoms with Crippen LogP contribution in [0.1, 0.15) is 35.7 Å². The smallest absolute Gasteiger partial charge is 0.257 e. The Labute approximate surface area is 127 Å². The molecule has 0 saturated carbocycles. The van der Waals surface area contributed by atoms with Crippen molar-refractivity contribution in [3.05, 3.63) is 32.9 Å². The van der Waals surface area contributed by atoms with Gasteiger partial charge in [0.2, 0.25) is 0 Å². The summed E-state index contributed by atoms with van der Waals surface area (Å²) in [5.74, 6) is -0.165. The normalized spacial score (nSPS) is 9.94. The third-order valence-corrected chi connectivity index (χ3v) is 3.89. The number of aryl methyl sites for hydroxylation is 1. The van der Waals surface area contributed by atoms with Crippen molar-refractivity contribution in [2.75, 3.05) is 6.54 Å². The van der Waals surface area contributed by atoms with Gasteiger partial charge in [-0.1, -0.05) is 19.4 Å². The molecule has 0 spiro atoms. The molecule has 0 unspecified atom stereocenters. The molecular formula is C13H17IN2OS. The molecule has 3 nitrogen and oxygen atoms in total. The zero-order valence-corrected chi connectivity index (χ0v) is 13.5. The molecule has 0 aliphatic carbocycles. The molecule has 0 radical (unpaired) electrons. The summed E-state index contributed by atoms with van der Waals surface area (Å²) in [6.07, 6.45) is 2.14. The van der Waals surface area contributed by atoms with Crippen LogP contribution in [0.4, 0.5) is 0 Å². The maximum absolute atomic E-state index is 11.9. The predicted molar refractivity (Wildman–Crippen MR) is 86.9 cm³/mol. The van der Waals surface area contributed by atoms with Crippen LogP contribution >= 0.6 is 34.8 Å². The first-order valence-corrected chi connectivity index (χ1v) is 7.38. The minimum Gasteiger partial charge on any atom is -0.362 e. The Balaban J connectivity index is 2.54. The van der Waals surface area contributed by atoms with Gasteiger partial charge < -0.3 is 5.32 Å². The summed E-state index contributed by atoms with van der Waals surface area (Å²) in [5, 5.41) is 6.08. The number of rotatable bonds is 4. The van der Waals surface area contributed by atoms with E-state index in [0.717, 1.165) is 28.5 Å². The van der Waals surface area contributed by atoms with Gasteiger partial charge in [-0.25, -0.2) is 0 Å². The third kappa shape index (κ3) is 4.89. The average molecular weight is 376 g/mol. The van der Waals surface area contributed by atoms with E-state index in [2.05, 4.69) is 40.1 Å². The number of halogens is 1. The van der Waals surface area contributed by atoms with Crippen molar-refractivity contribution in [2.24, 2.45) is 0 Å².